The Morgan fingerprint density at radius 2 is 1.67 bits per heavy atom. The number of fused-ring (bicyclic) bond motifs is 1. The van der Waals surface area contributed by atoms with E-state index in [-0.39, 0.29) is 18.2 Å². The van der Waals surface area contributed by atoms with Crippen LogP contribution in [0.5, 0.6) is 0 Å². The van der Waals surface area contributed by atoms with Gasteiger partial charge in [-0.25, -0.2) is 4.68 Å². The quantitative estimate of drug-likeness (QED) is 0.564. The summed E-state index contributed by atoms with van der Waals surface area (Å²) in [5, 5.41) is 4.48. The fourth-order valence-electron chi connectivity index (χ4n) is 4.43. The van der Waals surface area contributed by atoms with E-state index in [9.17, 15) is 9.59 Å². The number of hydrogen-bond acceptors (Lipinski definition) is 6. The Morgan fingerprint density at radius 3 is 2.36 bits per heavy atom. The van der Waals surface area contributed by atoms with Gasteiger partial charge < -0.3 is 14.5 Å². The summed E-state index contributed by atoms with van der Waals surface area (Å²) >= 11 is 0. The number of aromatic nitrogens is 3. The van der Waals surface area contributed by atoms with Gasteiger partial charge in [0.05, 0.1) is 25.3 Å². The topological polar surface area (TPSA) is 80.6 Å². The number of nitrogens with zero attached hydrogens (tertiary/aromatic N) is 5. The molecule has 0 N–H and O–H groups in total. The Bertz CT molecular complexity index is 1180. The molecule has 0 unspecified atom stereocenters. The number of hydrogen-bond donors (Lipinski definition) is 0. The molecule has 0 aliphatic carbocycles. The molecule has 8 heteroatoms. The SMILES string of the molecule is CC1=C(C(=O)N2CCOCC2)[C@H](c2ccccc2)n2ncnc2N1CC(=O)c1ccccc1. The van der Waals surface area contributed by atoms with Crippen molar-refractivity contribution in [2.24, 2.45) is 0 Å². The number of carbonyl (C=O) groups is 2. The number of rotatable bonds is 5. The highest BCUT2D eigenvalue weighted by atomic mass is 16.5. The zero-order valence-corrected chi connectivity index (χ0v) is 18.4. The average Bonchev–Trinajstić information content (AvgIpc) is 3.36. The van der Waals surface area contributed by atoms with Gasteiger partial charge in [0.15, 0.2) is 5.78 Å². The number of Topliss-reactive ketones (excluding diaryl/α,β-unsaturated/α-hetero) is 1. The van der Waals surface area contributed by atoms with Crippen molar-refractivity contribution in [3.63, 3.8) is 0 Å². The van der Waals surface area contributed by atoms with Crippen LogP contribution in [0.3, 0.4) is 0 Å². The van der Waals surface area contributed by atoms with Crippen LogP contribution in [0.15, 0.2) is 78.3 Å². The minimum atomic E-state index is -0.429. The van der Waals surface area contributed by atoms with Crippen LogP contribution in [0.1, 0.15) is 28.9 Å². The van der Waals surface area contributed by atoms with Gasteiger partial charge in [-0.05, 0) is 12.5 Å². The standard InChI is InChI=1S/C25H25N5O3/c1-18-22(24(32)28-12-14-33-15-13-28)23(20-10-6-3-7-11-20)30-25(26-17-27-30)29(18)16-21(31)19-8-4-2-5-9-19/h2-11,17,23H,12-16H2,1H3/t23-/m0/s1. The molecule has 0 spiro atoms. The van der Waals surface area contributed by atoms with Crippen molar-refractivity contribution in [2.75, 3.05) is 37.7 Å². The maximum atomic E-state index is 13.8. The van der Waals surface area contributed by atoms with Crippen molar-refractivity contribution >= 4 is 17.6 Å². The lowest BCUT2D eigenvalue weighted by Crippen LogP contribution is -2.46. The smallest absolute Gasteiger partial charge is 0.254 e. The van der Waals surface area contributed by atoms with E-state index in [1.165, 1.54) is 6.33 Å². The molecule has 8 nitrogen and oxygen atoms in total. The lowest BCUT2D eigenvalue weighted by Gasteiger charge is -2.38. The second kappa shape index (κ2) is 8.99. The van der Waals surface area contributed by atoms with E-state index in [1.54, 1.807) is 21.7 Å². The molecule has 0 radical (unpaired) electrons. The molecule has 2 aliphatic heterocycles. The Balaban J connectivity index is 1.60. The van der Waals surface area contributed by atoms with E-state index >= 15 is 0 Å². The van der Waals surface area contributed by atoms with Gasteiger partial charge >= 0.3 is 0 Å². The van der Waals surface area contributed by atoms with Crippen LogP contribution in [-0.2, 0) is 9.53 Å². The first-order valence-electron chi connectivity index (χ1n) is 11.0. The Labute approximate surface area is 192 Å². The highest BCUT2D eigenvalue weighted by Crippen LogP contribution is 2.38. The summed E-state index contributed by atoms with van der Waals surface area (Å²) in [5.41, 5.74) is 2.86. The zero-order valence-electron chi connectivity index (χ0n) is 18.4. The molecular weight excluding hydrogens is 418 g/mol. The van der Waals surface area contributed by atoms with Gasteiger partial charge in [0, 0.05) is 24.4 Å². The van der Waals surface area contributed by atoms with Gasteiger partial charge in [-0.3, -0.25) is 9.59 Å². The first-order chi connectivity index (χ1) is 16.1. The summed E-state index contributed by atoms with van der Waals surface area (Å²) in [4.78, 5) is 35.0. The zero-order chi connectivity index (χ0) is 22.8. The van der Waals surface area contributed by atoms with Gasteiger partial charge in [0.25, 0.3) is 5.91 Å². The maximum absolute atomic E-state index is 13.8. The van der Waals surface area contributed by atoms with Gasteiger partial charge in [-0.1, -0.05) is 60.7 Å². The Morgan fingerprint density at radius 1 is 1.00 bits per heavy atom. The van der Waals surface area contributed by atoms with Gasteiger partial charge in [-0.2, -0.15) is 10.1 Å². The molecule has 3 heterocycles. The number of allylic oxidation sites excluding steroid dienone is 1. The number of morpholine rings is 1. The van der Waals surface area contributed by atoms with Gasteiger partial charge in [-0.15, -0.1) is 0 Å². The van der Waals surface area contributed by atoms with Gasteiger partial charge in [0.2, 0.25) is 5.95 Å². The lowest BCUT2D eigenvalue weighted by atomic mass is 9.93. The monoisotopic (exact) mass is 443 g/mol. The molecule has 2 aromatic carbocycles. The number of ether oxygens (including phenoxy) is 1. The number of anilines is 1. The number of amides is 1. The second-order valence-electron chi connectivity index (χ2n) is 8.10. The predicted octanol–water partition coefficient (Wildman–Crippen LogP) is 2.70. The predicted molar refractivity (Wildman–Crippen MR) is 123 cm³/mol. The Hall–Kier alpha value is -3.78. The van der Waals surface area contributed by atoms with E-state index < -0.39 is 6.04 Å². The summed E-state index contributed by atoms with van der Waals surface area (Å²) in [6, 6.07) is 18.5. The van der Waals surface area contributed by atoms with E-state index in [2.05, 4.69) is 10.1 Å². The summed E-state index contributed by atoms with van der Waals surface area (Å²) in [6.07, 6.45) is 1.47. The molecule has 2 aliphatic rings. The van der Waals surface area contributed by atoms with Crippen LogP contribution in [-0.4, -0.2) is 64.2 Å². The number of carbonyl (C=O) groups excluding carboxylic acids is 2. The molecule has 0 bridgehead atoms. The molecule has 5 rings (SSSR count). The van der Waals surface area contributed by atoms with Crippen molar-refractivity contribution in [3.8, 4) is 0 Å². The van der Waals surface area contributed by atoms with E-state index in [0.29, 0.717) is 49.1 Å². The highest BCUT2D eigenvalue weighted by molar-refractivity contribution is 6.01. The number of benzene rings is 2. The summed E-state index contributed by atoms with van der Waals surface area (Å²) < 4.78 is 7.19. The molecule has 1 saturated heterocycles. The lowest BCUT2D eigenvalue weighted by molar-refractivity contribution is -0.131. The average molecular weight is 444 g/mol. The third-order valence-electron chi connectivity index (χ3n) is 6.15. The fraction of sp³-hybridized carbons (Fsp3) is 0.280. The minimum absolute atomic E-state index is 0.0548. The highest BCUT2D eigenvalue weighted by Gasteiger charge is 2.39. The minimum Gasteiger partial charge on any atom is -0.378 e. The van der Waals surface area contributed by atoms with Crippen LogP contribution < -0.4 is 4.90 Å². The van der Waals surface area contributed by atoms with Crippen molar-refractivity contribution in [1.82, 2.24) is 19.7 Å². The van der Waals surface area contributed by atoms with Crippen LogP contribution in [0, 0.1) is 0 Å². The summed E-state index contributed by atoms with van der Waals surface area (Å²) in [7, 11) is 0. The van der Waals surface area contributed by atoms with Crippen molar-refractivity contribution in [2.45, 2.75) is 13.0 Å². The normalized spacial score (nSPS) is 18.3. The van der Waals surface area contributed by atoms with Crippen LogP contribution in [0.2, 0.25) is 0 Å². The van der Waals surface area contributed by atoms with Crippen LogP contribution in [0.25, 0.3) is 0 Å². The molecule has 3 aromatic rings. The first kappa shape index (κ1) is 21.1. The molecule has 1 atom stereocenters. The third-order valence-corrected chi connectivity index (χ3v) is 6.15. The maximum Gasteiger partial charge on any atom is 0.254 e. The molecular formula is C25H25N5O3. The molecule has 0 saturated carbocycles. The second-order valence-corrected chi connectivity index (χ2v) is 8.10. The van der Waals surface area contributed by atoms with Crippen molar-refractivity contribution in [1.29, 1.82) is 0 Å². The molecule has 168 valence electrons. The molecule has 1 fully saturated rings. The molecule has 1 amide bonds. The summed E-state index contributed by atoms with van der Waals surface area (Å²) in [6.45, 7) is 4.04. The van der Waals surface area contributed by atoms with Crippen LogP contribution >= 0.6 is 0 Å². The Kier molecular flexibility index (Phi) is 5.75. The first-order valence-corrected chi connectivity index (χ1v) is 11.0. The van der Waals surface area contributed by atoms with Gasteiger partial charge in [0.1, 0.15) is 12.4 Å². The van der Waals surface area contributed by atoms with Crippen molar-refractivity contribution in [3.05, 3.63) is 89.4 Å². The largest absolute Gasteiger partial charge is 0.378 e. The summed E-state index contributed by atoms with van der Waals surface area (Å²) in [5.74, 6) is 0.424. The fourth-order valence-corrected chi connectivity index (χ4v) is 4.43. The van der Waals surface area contributed by atoms with Crippen LogP contribution in [0.4, 0.5) is 5.95 Å². The van der Waals surface area contributed by atoms with E-state index in [0.717, 1.165) is 5.56 Å². The number of ketones is 1. The third kappa shape index (κ3) is 3.93. The van der Waals surface area contributed by atoms with E-state index in [4.69, 9.17) is 4.74 Å². The molecule has 1 aromatic heterocycles. The van der Waals surface area contributed by atoms with E-state index in [1.807, 2.05) is 60.4 Å². The van der Waals surface area contributed by atoms with Crippen molar-refractivity contribution < 1.29 is 14.3 Å². The molecule has 33 heavy (non-hydrogen) atoms.